The Hall–Kier alpha value is -0.0800. The molecule has 0 amide bonds. The second-order valence-electron chi connectivity index (χ2n) is 3.86. The van der Waals surface area contributed by atoms with Gasteiger partial charge in [-0.3, -0.25) is 0 Å². The third-order valence-corrected chi connectivity index (χ3v) is 2.19. The minimum absolute atomic E-state index is 0.0884. The molecule has 0 saturated carbocycles. The van der Waals surface area contributed by atoms with Gasteiger partial charge in [-0.2, -0.15) is 0 Å². The molecule has 1 N–H and O–H groups in total. The van der Waals surface area contributed by atoms with E-state index in [1.807, 2.05) is 0 Å². The molecule has 0 aliphatic carbocycles. The molecule has 11 heavy (non-hydrogen) atoms. The van der Waals surface area contributed by atoms with Gasteiger partial charge in [0.05, 0.1) is 5.60 Å². The van der Waals surface area contributed by atoms with Crippen molar-refractivity contribution in [2.75, 3.05) is 13.2 Å². The number of hydrogen-bond donors (Lipinski definition) is 1. The smallest absolute Gasteiger partial charge is 0.0641 e. The van der Waals surface area contributed by atoms with Crippen molar-refractivity contribution in [2.45, 2.75) is 45.3 Å². The maximum Gasteiger partial charge on any atom is 0.0641 e. The molecule has 1 heterocycles. The summed E-state index contributed by atoms with van der Waals surface area (Å²) in [7, 11) is 0. The summed E-state index contributed by atoms with van der Waals surface area (Å²) in [5.74, 6) is 0. The summed E-state index contributed by atoms with van der Waals surface area (Å²) in [5.41, 5.74) is 0.0884. The van der Waals surface area contributed by atoms with Gasteiger partial charge in [0.2, 0.25) is 0 Å². The molecule has 1 aliphatic heterocycles. The van der Waals surface area contributed by atoms with Gasteiger partial charge in [0, 0.05) is 12.6 Å². The molecule has 1 saturated heterocycles. The van der Waals surface area contributed by atoms with E-state index in [1.165, 1.54) is 0 Å². The standard InChI is InChI=1S/C9H19NO/c1-4-10-8-5-6-11-9(2,3)7-8/h8,10H,4-7H2,1-3H3. The van der Waals surface area contributed by atoms with Crippen molar-refractivity contribution in [1.29, 1.82) is 0 Å². The van der Waals surface area contributed by atoms with E-state index in [1.54, 1.807) is 0 Å². The van der Waals surface area contributed by atoms with Gasteiger partial charge in [-0.15, -0.1) is 0 Å². The summed E-state index contributed by atoms with van der Waals surface area (Å²) >= 11 is 0. The molecule has 0 aromatic carbocycles. The van der Waals surface area contributed by atoms with Crippen molar-refractivity contribution < 1.29 is 4.74 Å². The van der Waals surface area contributed by atoms with E-state index in [4.69, 9.17) is 4.74 Å². The van der Waals surface area contributed by atoms with Crippen LogP contribution in [0.3, 0.4) is 0 Å². The Morgan fingerprint density at radius 3 is 2.82 bits per heavy atom. The molecule has 1 aliphatic rings. The average molecular weight is 157 g/mol. The third kappa shape index (κ3) is 2.80. The van der Waals surface area contributed by atoms with Crippen LogP contribution in [0.2, 0.25) is 0 Å². The maximum absolute atomic E-state index is 5.60. The van der Waals surface area contributed by atoms with Crippen LogP contribution in [-0.2, 0) is 4.74 Å². The highest BCUT2D eigenvalue weighted by Crippen LogP contribution is 2.23. The fraction of sp³-hybridized carbons (Fsp3) is 1.00. The Kier molecular flexibility index (Phi) is 2.90. The molecule has 66 valence electrons. The topological polar surface area (TPSA) is 21.3 Å². The molecule has 1 atom stereocenters. The first-order valence-electron chi connectivity index (χ1n) is 4.51. The van der Waals surface area contributed by atoms with Gasteiger partial charge in [-0.25, -0.2) is 0 Å². The maximum atomic E-state index is 5.60. The van der Waals surface area contributed by atoms with Crippen LogP contribution in [0.5, 0.6) is 0 Å². The molecule has 1 fully saturated rings. The molecular weight excluding hydrogens is 138 g/mol. The first kappa shape index (κ1) is 9.01. The molecule has 1 unspecified atom stereocenters. The predicted octanol–water partition coefficient (Wildman–Crippen LogP) is 1.55. The summed E-state index contributed by atoms with van der Waals surface area (Å²) in [6.45, 7) is 8.46. The Bertz CT molecular complexity index is 121. The fourth-order valence-electron chi connectivity index (χ4n) is 1.69. The van der Waals surface area contributed by atoms with Crippen LogP contribution in [0, 0.1) is 0 Å². The summed E-state index contributed by atoms with van der Waals surface area (Å²) < 4.78 is 5.60. The highest BCUT2D eigenvalue weighted by atomic mass is 16.5. The first-order valence-corrected chi connectivity index (χ1v) is 4.51. The van der Waals surface area contributed by atoms with Gasteiger partial charge in [0.1, 0.15) is 0 Å². The number of nitrogens with one attached hydrogen (secondary N) is 1. The molecule has 2 heteroatoms. The van der Waals surface area contributed by atoms with Crippen molar-refractivity contribution in [3.05, 3.63) is 0 Å². The van der Waals surface area contributed by atoms with E-state index in [9.17, 15) is 0 Å². The van der Waals surface area contributed by atoms with Gasteiger partial charge >= 0.3 is 0 Å². The Labute approximate surface area is 69.3 Å². The van der Waals surface area contributed by atoms with E-state index in [0.717, 1.165) is 26.0 Å². The van der Waals surface area contributed by atoms with Crippen molar-refractivity contribution >= 4 is 0 Å². The highest BCUT2D eigenvalue weighted by molar-refractivity contribution is 4.82. The van der Waals surface area contributed by atoms with Crippen molar-refractivity contribution in [3.63, 3.8) is 0 Å². The largest absolute Gasteiger partial charge is 0.375 e. The zero-order valence-corrected chi connectivity index (χ0v) is 7.81. The first-order chi connectivity index (χ1) is 5.14. The molecule has 2 nitrogen and oxygen atoms in total. The monoisotopic (exact) mass is 157 g/mol. The van der Waals surface area contributed by atoms with Gasteiger partial charge in [-0.05, 0) is 33.2 Å². The lowest BCUT2D eigenvalue weighted by Gasteiger charge is -2.35. The van der Waals surface area contributed by atoms with E-state index in [2.05, 4.69) is 26.1 Å². The van der Waals surface area contributed by atoms with Crippen LogP contribution in [0.1, 0.15) is 33.6 Å². The Balaban J connectivity index is 2.34. The minimum atomic E-state index is 0.0884. The SMILES string of the molecule is CCNC1CCOC(C)(C)C1. The molecule has 0 aromatic heterocycles. The van der Waals surface area contributed by atoms with Gasteiger partial charge in [0.15, 0.2) is 0 Å². The quantitative estimate of drug-likeness (QED) is 0.656. The third-order valence-electron chi connectivity index (χ3n) is 2.19. The lowest BCUT2D eigenvalue weighted by atomic mass is 9.94. The number of ether oxygens (including phenoxy) is 1. The molecular formula is C9H19NO. The number of rotatable bonds is 2. The predicted molar refractivity (Wildman–Crippen MR) is 46.7 cm³/mol. The summed E-state index contributed by atoms with van der Waals surface area (Å²) in [4.78, 5) is 0. The van der Waals surface area contributed by atoms with Crippen molar-refractivity contribution in [1.82, 2.24) is 5.32 Å². The fourth-order valence-corrected chi connectivity index (χ4v) is 1.69. The minimum Gasteiger partial charge on any atom is -0.375 e. The Morgan fingerprint density at radius 1 is 1.55 bits per heavy atom. The molecule has 1 rings (SSSR count). The molecule has 0 bridgehead atoms. The highest BCUT2D eigenvalue weighted by Gasteiger charge is 2.27. The van der Waals surface area contributed by atoms with E-state index in [0.29, 0.717) is 6.04 Å². The molecule has 0 radical (unpaired) electrons. The van der Waals surface area contributed by atoms with Crippen LogP contribution < -0.4 is 5.32 Å². The lowest BCUT2D eigenvalue weighted by molar-refractivity contribution is -0.0625. The second kappa shape index (κ2) is 3.55. The second-order valence-corrected chi connectivity index (χ2v) is 3.86. The van der Waals surface area contributed by atoms with Crippen molar-refractivity contribution in [3.8, 4) is 0 Å². The number of hydrogen-bond acceptors (Lipinski definition) is 2. The summed E-state index contributed by atoms with van der Waals surface area (Å²) in [6.07, 6.45) is 2.30. The van der Waals surface area contributed by atoms with Crippen LogP contribution in [-0.4, -0.2) is 24.8 Å². The zero-order valence-electron chi connectivity index (χ0n) is 7.81. The van der Waals surface area contributed by atoms with E-state index >= 15 is 0 Å². The summed E-state index contributed by atoms with van der Waals surface area (Å²) in [6, 6.07) is 0.670. The van der Waals surface area contributed by atoms with Crippen LogP contribution >= 0.6 is 0 Å². The van der Waals surface area contributed by atoms with E-state index < -0.39 is 0 Å². The van der Waals surface area contributed by atoms with Gasteiger partial charge in [0.25, 0.3) is 0 Å². The molecule has 0 aromatic rings. The zero-order chi connectivity index (χ0) is 8.32. The average Bonchev–Trinajstić information content (AvgIpc) is 1.85. The summed E-state index contributed by atoms with van der Waals surface area (Å²) in [5, 5.41) is 3.46. The molecule has 0 spiro atoms. The van der Waals surface area contributed by atoms with Crippen LogP contribution in [0.25, 0.3) is 0 Å². The Morgan fingerprint density at radius 2 is 2.27 bits per heavy atom. The van der Waals surface area contributed by atoms with Gasteiger partial charge in [-0.1, -0.05) is 6.92 Å². The van der Waals surface area contributed by atoms with Crippen LogP contribution in [0.15, 0.2) is 0 Å². The van der Waals surface area contributed by atoms with Crippen molar-refractivity contribution in [2.24, 2.45) is 0 Å². The lowest BCUT2D eigenvalue weighted by Crippen LogP contribution is -2.43. The van der Waals surface area contributed by atoms with Gasteiger partial charge < -0.3 is 10.1 Å². The van der Waals surface area contributed by atoms with Crippen LogP contribution in [0.4, 0.5) is 0 Å². The van der Waals surface area contributed by atoms with E-state index in [-0.39, 0.29) is 5.60 Å². The normalized spacial score (nSPS) is 30.3.